The van der Waals surface area contributed by atoms with Crippen molar-refractivity contribution in [3.05, 3.63) is 46.6 Å². The molecule has 1 aliphatic rings. The Morgan fingerprint density at radius 2 is 2.00 bits per heavy atom. The number of hydrogen-bond acceptors (Lipinski definition) is 6. The third kappa shape index (κ3) is 5.33. The van der Waals surface area contributed by atoms with E-state index >= 15 is 0 Å². The van der Waals surface area contributed by atoms with Crippen LogP contribution in [0.5, 0.6) is 5.75 Å². The number of nitrogens with one attached hydrogen (secondary N) is 1. The number of carbonyl (C=O) groups excluding carboxylic acids is 1. The number of morpholine rings is 1. The summed E-state index contributed by atoms with van der Waals surface area (Å²) in [6.07, 6.45) is 1.46. The molecular formula is C17H18BrN3O4. The van der Waals surface area contributed by atoms with Crippen molar-refractivity contribution in [3.63, 3.8) is 0 Å². The van der Waals surface area contributed by atoms with Gasteiger partial charge in [0.25, 0.3) is 5.91 Å². The molecule has 7 nitrogen and oxygen atoms in total. The van der Waals surface area contributed by atoms with Gasteiger partial charge in [0.15, 0.2) is 12.5 Å². The number of furan rings is 1. The summed E-state index contributed by atoms with van der Waals surface area (Å²) in [7, 11) is 0. The van der Waals surface area contributed by atoms with Gasteiger partial charge in [-0.2, -0.15) is 5.10 Å². The first kappa shape index (κ1) is 17.5. The van der Waals surface area contributed by atoms with Gasteiger partial charge in [-0.1, -0.05) is 15.9 Å². The van der Waals surface area contributed by atoms with Gasteiger partial charge in [-0.15, -0.1) is 0 Å². The van der Waals surface area contributed by atoms with Gasteiger partial charge >= 0.3 is 0 Å². The van der Waals surface area contributed by atoms with Crippen LogP contribution in [0.15, 0.2) is 50.4 Å². The van der Waals surface area contributed by atoms with Gasteiger partial charge in [0.1, 0.15) is 11.5 Å². The number of rotatable bonds is 6. The van der Waals surface area contributed by atoms with Crippen molar-refractivity contribution in [2.75, 3.05) is 37.8 Å². The van der Waals surface area contributed by atoms with Gasteiger partial charge in [-0.3, -0.25) is 4.79 Å². The van der Waals surface area contributed by atoms with E-state index in [1.807, 2.05) is 18.2 Å². The molecule has 1 aliphatic heterocycles. The summed E-state index contributed by atoms with van der Waals surface area (Å²) in [5.74, 6) is 1.60. The number of nitrogens with zero attached hydrogens (tertiary/aromatic N) is 2. The van der Waals surface area contributed by atoms with E-state index in [0.717, 1.165) is 23.4 Å². The highest BCUT2D eigenvalue weighted by atomic mass is 79.9. The van der Waals surface area contributed by atoms with Crippen molar-refractivity contribution in [2.24, 2.45) is 5.10 Å². The fourth-order valence-corrected chi connectivity index (χ4v) is 2.51. The second kappa shape index (κ2) is 8.68. The normalized spacial score (nSPS) is 14.7. The average Bonchev–Trinajstić information content (AvgIpc) is 3.11. The van der Waals surface area contributed by atoms with Crippen molar-refractivity contribution in [2.45, 2.75) is 0 Å². The fourth-order valence-electron chi connectivity index (χ4n) is 2.25. The number of benzene rings is 1. The summed E-state index contributed by atoms with van der Waals surface area (Å²) in [5, 5.41) is 3.88. The minimum atomic E-state index is -0.348. The SMILES string of the molecule is O=C(COc1ccc(Br)cc1)N/N=C\c1ccc(N2CCOCC2)o1. The molecule has 1 amide bonds. The number of hydrogen-bond donors (Lipinski definition) is 1. The molecule has 1 fully saturated rings. The molecular weight excluding hydrogens is 390 g/mol. The van der Waals surface area contributed by atoms with Crippen molar-refractivity contribution < 1.29 is 18.7 Å². The molecule has 0 spiro atoms. The van der Waals surface area contributed by atoms with Crippen LogP contribution >= 0.6 is 15.9 Å². The molecule has 1 N–H and O–H groups in total. The Morgan fingerprint density at radius 1 is 1.24 bits per heavy atom. The van der Waals surface area contributed by atoms with Crippen LogP contribution in [-0.4, -0.2) is 45.0 Å². The van der Waals surface area contributed by atoms with Gasteiger partial charge in [0.05, 0.1) is 19.4 Å². The van der Waals surface area contributed by atoms with Crippen LogP contribution in [0.3, 0.4) is 0 Å². The lowest BCUT2D eigenvalue weighted by Gasteiger charge is -2.26. The molecule has 3 rings (SSSR count). The lowest BCUT2D eigenvalue weighted by Crippen LogP contribution is -2.35. The van der Waals surface area contributed by atoms with Crippen LogP contribution in [0, 0.1) is 0 Å². The molecule has 0 atom stereocenters. The predicted octanol–water partition coefficient (Wildman–Crippen LogP) is 2.41. The number of ether oxygens (including phenoxy) is 2. The molecule has 2 heterocycles. The lowest BCUT2D eigenvalue weighted by molar-refractivity contribution is -0.123. The van der Waals surface area contributed by atoms with E-state index in [1.54, 1.807) is 18.2 Å². The Morgan fingerprint density at radius 3 is 2.76 bits per heavy atom. The van der Waals surface area contributed by atoms with E-state index in [-0.39, 0.29) is 12.5 Å². The third-order valence-electron chi connectivity index (χ3n) is 3.50. The summed E-state index contributed by atoms with van der Waals surface area (Å²) in [5.41, 5.74) is 2.40. The van der Waals surface area contributed by atoms with E-state index in [1.165, 1.54) is 6.21 Å². The molecule has 2 aromatic rings. The van der Waals surface area contributed by atoms with Crippen LogP contribution in [0.1, 0.15) is 5.76 Å². The van der Waals surface area contributed by atoms with Crippen LogP contribution in [0.25, 0.3) is 0 Å². The number of anilines is 1. The molecule has 0 saturated carbocycles. The van der Waals surface area contributed by atoms with Crippen molar-refractivity contribution in [1.82, 2.24) is 5.43 Å². The maximum absolute atomic E-state index is 11.7. The van der Waals surface area contributed by atoms with Crippen molar-refractivity contribution in [3.8, 4) is 5.75 Å². The van der Waals surface area contributed by atoms with E-state index in [2.05, 4.69) is 31.4 Å². The van der Waals surface area contributed by atoms with Crippen LogP contribution in [0.4, 0.5) is 5.88 Å². The number of carbonyl (C=O) groups is 1. The van der Waals surface area contributed by atoms with Crippen LogP contribution < -0.4 is 15.1 Å². The summed E-state index contributed by atoms with van der Waals surface area (Å²) >= 11 is 3.34. The van der Waals surface area contributed by atoms with Crippen LogP contribution in [0.2, 0.25) is 0 Å². The Balaban J connectivity index is 1.43. The molecule has 1 saturated heterocycles. The Kier molecular flexibility index (Phi) is 6.08. The summed E-state index contributed by atoms with van der Waals surface area (Å²) in [4.78, 5) is 13.8. The minimum Gasteiger partial charge on any atom is -0.484 e. The third-order valence-corrected chi connectivity index (χ3v) is 4.03. The maximum Gasteiger partial charge on any atom is 0.277 e. The fraction of sp³-hybridized carbons (Fsp3) is 0.294. The van der Waals surface area contributed by atoms with E-state index in [9.17, 15) is 4.79 Å². The molecule has 8 heteroatoms. The summed E-state index contributed by atoms with van der Waals surface area (Å²) in [6.45, 7) is 2.87. The largest absolute Gasteiger partial charge is 0.484 e. The Labute approximate surface area is 153 Å². The standard InChI is InChI=1S/C17H18BrN3O4/c18-13-1-3-14(4-2-13)24-12-16(22)20-19-11-15-5-6-17(25-15)21-7-9-23-10-8-21/h1-6,11H,7-10,12H2,(H,20,22)/b19-11-. The number of halogens is 1. The molecule has 25 heavy (non-hydrogen) atoms. The topological polar surface area (TPSA) is 76.3 Å². The molecule has 1 aromatic carbocycles. The molecule has 0 aliphatic carbocycles. The van der Waals surface area contributed by atoms with E-state index in [4.69, 9.17) is 13.9 Å². The zero-order chi connectivity index (χ0) is 17.5. The molecule has 132 valence electrons. The van der Waals surface area contributed by atoms with E-state index in [0.29, 0.717) is 24.7 Å². The Hall–Kier alpha value is -2.32. The zero-order valence-electron chi connectivity index (χ0n) is 13.5. The highest BCUT2D eigenvalue weighted by molar-refractivity contribution is 9.10. The number of hydrazone groups is 1. The first-order valence-electron chi connectivity index (χ1n) is 7.83. The van der Waals surface area contributed by atoms with Gasteiger partial charge in [0.2, 0.25) is 0 Å². The average molecular weight is 408 g/mol. The number of amides is 1. The molecule has 1 aromatic heterocycles. The van der Waals surface area contributed by atoms with Crippen LogP contribution in [-0.2, 0) is 9.53 Å². The van der Waals surface area contributed by atoms with Gasteiger partial charge in [0, 0.05) is 23.6 Å². The van der Waals surface area contributed by atoms with Gasteiger partial charge in [-0.05, 0) is 30.3 Å². The summed E-state index contributed by atoms with van der Waals surface area (Å²) in [6, 6.07) is 10.9. The molecule has 0 radical (unpaired) electrons. The quantitative estimate of drug-likeness (QED) is 0.587. The predicted molar refractivity (Wildman–Crippen MR) is 97.1 cm³/mol. The first-order valence-corrected chi connectivity index (χ1v) is 8.63. The first-order chi connectivity index (χ1) is 12.2. The second-order valence-electron chi connectivity index (χ2n) is 5.31. The maximum atomic E-state index is 11.7. The second-order valence-corrected chi connectivity index (χ2v) is 6.23. The molecule has 0 bridgehead atoms. The van der Waals surface area contributed by atoms with E-state index < -0.39 is 0 Å². The highest BCUT2D eigenvalue weighted by Gasteiger charge is 2.14. The van der Waals surface area contributed by atoms with Gasteiger partial charge in [-0.25, -0.2) is 5.43 Å². The minimum absolute atomic E-state index is 0.115. The monoisotopic (exact) mass is 407 g/mol. The summed E-state index contributed by atoms with van der Waals surface area (Å²) < 4.78 is 17.3. The Bertz CT molecular complexity index is 724. The molecule has 0 unspecified atom stereocenters. The zero-order valence-corrected chi connectivity index (χ0v) is 15.1. The smallest absolute Gasteiger partial charge is 0.277 e. The lowest BCUT2D eigenvalue weighted by atomic mass is 10.3. The van der Waals surface area contributed by atoms with Crippen molar-refractivity contribution in [1.29, 1.82) is 0 Å². The van der Waals surface area contributed by atoms with Crippen molar-refractivity contribution >= 4 is 33.9 Å². The van der Waals surface area contributed by atoms with Gasteiger partial charge < -0.3 is 18.8 Å². The highest BCUT2D eigenvalue weighted by Crippen LogP contribution is 2.18.